The number of nitrogens with one attached hydrogen (secondary N) is 1. The number of amidine groups is 1. The van der Waals surface area contributed by atoms with E-state index >= 15 is 0 Å². The Kier molecular flexibility index (Phi) is 64.0. The summed E-state index contributed by atoms with van der Waals surface area (Å²) in [6.45, 7) is 40.5. The molecule has 10 aromatic carbocycles. The number of rotatable bonds is 21. The van der Waals surface area contributed by atoms with Gasteiger partial charge in [-0.3, -0.25) is 57.8 Å². The fourth-order valence-electron chi connectivity index (χ4n) is 11.0. The summed E-state index contributed by atoms with van der Waals surface area (Å²) in [7, 11) is 2.51. The van der Waals surface area contributed by atoms with Crippen LogP contribution < -0.4 is 20.6 Å². The van der Waals surface area contributed by atoms with Crippen molar-refractivity contribution in [1.82, 2.24) is 24.0 Å². The average molecular weight is 1860 g/mol. The molecule has 1 aliphatic heterocycles. The predicted molar refractivity (Wildman–Crippen MR) is 544 cm³/mol. The van der Waals surface area contributed by atoms with E-state index in [0.29, 0.717) is 77.7 Å². The van der Waals surface area contributed by atoms with E-state index in [1.54, 1.807) is 41.7 Å². The Labute approximate surface area is 785 Å². The third kappa shape index (κ3) is 47.4. The number of fused-ring (bicyclic) bond motifs is 2. The smallest absolute Gasteiger partial charge is 0.315 e. The van der Waals surface area contributed by atoms with Crippen LogP contribution in [0.15, 0.2) is 293 Å². The maximum Gasteiger partial charge on any atom is 0.315 e. The minimum absolute atomic E-state index is 0. The maximum absolute atomic E-state index is 12.7. The molecule has 0 aliphatic carbocycles. The first kappa shape index (κ1) is 117. The Morgan fingerprint density at radius 1 is 0.426 bits per heavy atom. The van der Waals surface area contributed by atoms with Crippen LogP contribution >= 0.6 is 40.5 Å². The van der Waals surface area contributed by atoms with Gasteiger partial charge in [0.1, 0.15) is 55.7 Å². The first-order valence-corrected chi connectivity index (χ1v) is 45.5. The van der Waals surface area contributed by atoms with Gasteiger partial charge in [-0.05, 0) is 121 Å². The quantitative estimate of drug-likeness (QED) is 0.0303. The Balaban J connectivity index is 0.00000149. The molecule has 0 unspecified atom stereocenters. The number of carbonyl (C=O) groups excluding carboxylic acids is 6. The molecule has 690 valence electrons. The number of benzene rings is 10. The van der Waals surface area contributed by atoms with Crippen LogP contribution in [0.4, 0.5) is 0 Å². The average Bonchev–Trinajstić information content (AvgIpc) is 0.804. The highest BCUT2D eigenvalue weighted by Crippen LogP contribution is 2.23. The van der Waals surface area contributed by atoms with Crippen LogP contribution in [0.25, 0.3) is 21.5 Å². The van der Waals surface area contributed by atoms with E-state index in [1.807, 2.05) is 274 Å². The summed E-state index contributed by atoms with van der Waals surface area (Å²) in [6.07, 6.45) is 0.589. The lowest BCUT2D eigenvalue weighted by Crippen LogP contribution is -2.39. The van der Waals surface area contributed by atoms with Crippen LogP contribution in [-0.2, 0) is 89.0 Å². The molecule has 1 aliphatic rings. The number of aliphatic imine (C=N–C) groups is 2. The normalized spacial score (nSPS) is 10.4. The molecule has 20 nitrogen and oxygen atoms in total. The first-order valence-electron chi connectivity index (χ1n) is 43.5. The minimum Gasteiger partial charge on any atom is -0.473 e. The molecule has 0 atom stereocenters. The van der Waals surface area contributed by atoms with Crippen molar-refractivity contribution in [2.45, 2.75) is 209 Å². The zero-order valence-electron chi connectivity index (χ0n) is 79.5. The largest absolute Gasteiger partial charge is 0.473 e. The van der Waals surface area contributed by atoms with Crippen LogP contribution in [0, 0.1) is 26.2 Å². The van der Waals surface area contributed by atoms with Crippen molar-refractivity contribution < 1.29 is 47.7 Å². The van der Waals surface area contributed by atoms with Crippen LogP contribution in [0.2, 0.25) is 0 Å². The van der Waals surface area contributed by atoms with Gasteiger partial charge in [0.2, 0.25) is 17.7 Å². The molecule has 23 heteroatoms. The second kappa shape index (κ2) is 70.7. The van der Waals surface area contributed by atoms with Gasteiger partial charge in [0.25, 0.3) is 22.9 Å². The van der Waals surface area contributed by atoms with Crippen molar-refractivity contribution >= 4 is 113 Å². The fraction of sp³-hybridized carbons (Fsp3) is 0.311. The lowest BCUT2D eigenvalue weighted by Gasteiger charge is -2.24. The van der Waals surface area contributed by atoms with E-state index in [2.05, 4.69) is 133 Å². The van der Waals surface area contributed by atoms with E-state index in [0.717, 1.165) is 45.7 Å². The third-order valence-electron chi connectivity index (χ3n) is 17.2. The fourth-order valence-corrected chi connectivity index (χ4v) is 12.3. The lowest BCUT2D eigenvalue weighted by atomic mass is 10.1. The number of amides is 3. The summed E-state index contributed by atoms with van der Waals surface area (Å²) >= 11 is 3.05. The van der Waals surface area contributed by atoms with Crippen molar-refractivity contribution in [3.05, 3.63) is 355 Å². The summed E-state index contributed by atoms with van der Waals surface area (Å²) in [5, 5.41) is 13.6. The molecule has 0 saturated carbocycles. The number of Topliss-reactive ketones (excluding diaryl/α,β-unsaturated/α-hetero) is 1. The van der Waals surface area contributed by atoms with E-state index < -0.39 is 17.8 Å². The van der Waals surface area contributed by atoms with Gasteiger partial charge in [-0.1, -0.05) is 357 Å². The lowest BCUT2D eigenvalue weighted by molar-refractivity contribution is -0.144. The van der Waals surface area contributed by atoms with Gasteiger partial charge in [0, 0.05) is 11.5 Å². The number of ketones is 1. The molecule has 0 fully saturated rings. The molecule has 129 heavy (non-hydrogen) atoms. The van der Waals surface area contributed by atoms with Gasteiger partial charge in [0.05, 0.1) is 55.6 Å². The van der Waals surface area contributed by atoms with Crippen molar-refractivity contribution in [2.75, 3.05) is 14.2 Å². The van der Waals surface area contributed by atoms with Crippen LogP contribution in [0.5, 0.6) is 11.8 Å². The van der Waals surface area contributed by atoms with E-state index in [-0.39, 0.29) is 65.0 Å². The number of hydrogen-bond donors (Lipinski definition) is 1. The highest BCUT2D eigenvalue weighted by atomic mass is 79.9. The predicted octanol–water partition coefficient (Wildman–Crippen LogP) is 24.8. The van der Waals surface area contributed by atoms with Crippen molar-refractivity contribution in [3.63, 3.8) is 0 Å². The molecule has 0 saturated heterocycles. The molecular formula is C106H135BrN8O12S2. The summed E-state index contributed by atoms with van der Waals surface area (Å²) < 4.78 is 23.4. The first-order chi connectivity index (χ1) is 62.0. The standard InChI is InChI=1S/C20H20N2O2.C19H18N2O2.C17H17NO3S.C13H13NS.C12H12N2O2.C8H10.C5H8O3.6C2H6.BrH/c1-15-19(24-14-18-11-7-4-8-12-18)21-16(2)22(20(15)23)13-17-9-5-3-6-10-17;1-15-20-18(23-14-17-10-6-3-7-11-17)12-19(22)21(15)13-16-8-4-2-5-9-16;1-12(18-16(19)10-17(20)21-2)22-11-13-7-8-14-5-3-4-6-15(14)9-13;1-10(14)15-9-11-6-7-12-4-2-3-5-13(12)8-11;1-9-13-11(15)7-12(16)14(9)8-10-5-3-2-4-6-10;1-2-8-6-4-3-5-7-8;1-4(6)3-5(7)8-2;6*1-2;/h3-12H,13-14H2,1-2H3;2-12H,13-14H2,1H3;3-9H,10-11H2,1-2H3;2-8,14H,9H2,1H3;2-6H,7-8H2,1H3;3-7H,2H2,1H3;3H2,1-2H3;6*1-2H3;1H. The number of aryl methyl sites for hydroxylation is 3. The number of nitrogens with zero attached hydrogens (tertiary/aromatic N) is 7. The molecule has 0 spiro atoms. The van der Waals surface area contributed by atoms with Crippen molar-refractivity contribution in [2.24, 2.45) is 9.98 Å². The Hall–Kier alpha value is -12.3. The number of ether oxygens (including phenoxy) is 4. The molecule has 0 bridgehead atoms. The van der Waals surface area contributed by atoms with Gasteiger partial charge in [-0.2, -0.15) is 9.98 Å². The summed E-state index contributed by atoms with van der Waals surface area (Å²) in [5.74, 6) is 1.93. The topological polar surface area (TPSA) is 261 Å². The number of carbonyl (C=O) groups is 6. The summed E-state index contributed by atoms with van der Waals surface area (Å²) in [5.41, 5.74) is 9.48. The van der Waals surface area contributed by atoms with Gasteiger partial charge in [-0.15, -0.1) is 40.5 Å². The van der Waals surface area contributed by atoms with Gasteiger partial charge in [0.15, 0.2) is 0 Å². The van der Waals surface area contributed by atoms with Crippen LogP contribution in [0.1, 0.15) is 199 Å². The van der Waals surface area contributed by atoms with Crippen LogP contribution in [0.3, 0.4) is 0 Å². The number of halogens is 1. The zero-order chi connectivity index (χ0) is 95.6. The second-order valence-corrected chi connectivity index (χ2v) is 28.7. The monoisotopic (exact) mass is 1850 g/mol. The number of aromatic nitrogens is 4. The third-order valence-corrected chi connectivity index (χ3v) is 19.1. The van der Waals surface area contributed by atoms with E-state index in [1.165, 1.54) is 82.1 Å². The number of hydrogen-bond acceptors (Lipinski definition) is 17. The Bertz CT molecular complexity index is 5390. The molecule has 12 aromatic rings. The number of thioether (sulfide) groups is 2. The molecule has 0 radical (unpaired) electrons. The van der Waals surface area contributed by atoms with Gasteiger partial charge >= 0.3 is 11.9 Å². The molecule has 3 heterocycles. The summed E-state index contributed by atoms with van der Waals surface area (Å²) in [4.78, 5) is 109. The highest BCUT2D eigenvalue weighted by Gasteiger charge is 2.25. The summed E-state index contributed by atoms with van der Waals surface area (Å²) in [6, 6.07) is 90.2. The number of esters is 2. The highest BCUT2D eigenvalue weighted by molar-refractivity contribution is 8.93. The van der Waals surface area contributed by atoms with Gasteiger partial charge in [-0.25, -0.2) is 9.98 Å². The second-order valence-electron chi connectivity index (χ2n) is 26.3. The molecule has 2 aromatic heterocycles. The molecule has 13 rings (SSSR count). The van der Waals surface area contributed by atoms with E-state index in [9.17, 15) is 38.4 Å². The molecule has 1 N–H and O–H groups in total. The maximum atomic E-state index is 12.7. The van der Waals surface area contributed by atoms with Crippen molar-refractivity contribution in [1.29, 1.82) is 5.41 Å². The van der Waals surface area contributed by atoms with Gasteiger partial charge < -0.3 is 18.9 Å². The Morgan fingerprint density at radius 3 is 1.19 bits per heavy atom. The number of methoxy groups -OCH3 is 2. The molecular weight excluding hydrogens is 1720 g/mol. The molecule has 3 amide bonds. The Morgan fingerprint density at radius 2 is 0.798 bits per heavy atom. The van der Waals surface area contributed by atoms with E-state index in [4.69, 9.17) is 14.9 Å². The SMILES string of the molecule is Br.CC.CC.CC.CC.CC.CC.CC(=N)SCc1ccc2ccccc2c1.CC1=NC(=O)CC(=O)N1Cc1ccccc1.CCc1ccccc1.COC(=O)CC(=O)N=C(C)SCc1ccc2ccccc2c1.COC(=O)CC(C)=O.Cc1c(OCc2ccccc2)nc(C)n(Cc2ccccc2)c1=O.Cc1nc(OCc2ccccc2)cc(=O)n1Cc1ccccc1. The van der Waals surface area contributed by atoms with Crippen molar-refractivity contribution in [3.8, 4) is 11.8 Å². The minimum atomic E-state index is -0.568. The zero-order valence-corrected chi connectivity index (χ0v) is 82.9. The van der Waals surface area contributed by atoms with Crippen LogP contribution in [-0.4, -0.2) is 89.6 Å².